The quantitative estimate of drug-likeness (QED) is 0.311. The number of rotatable bonds is 5. The van der Waals surface area contributed by atoms with Gasteiger partial charge < -0.3 is 9.47 Å². The molecule has 4 aliphatic rings. The first-order valence-electron chi connectivity index (χ1n) is 7.96. The maximum absolute atomic E-state index is 13.7. The summed E-state index contributed by atoms with van der Waals surface area (Å²) in [7, 11) is -6.35. The molecule has 0 amide bonds. The van der Waals surface area contributed by atoms with Gasteiger partial charge in [0.2, 0.25) is 0 Å². The van der Waals surface area contributed by atoms with Crippen molar-refractivity contribution in [1.82, 2.24) is 0 Å². The lowest BCUT2D eigenvalue weighted by atomic mass is 9.64. The molecule has 0 radical (unpaired) electrons. The lowest BCUT2D eigenvalue weighted by Crippen LogP contribution is -2.54. The van der Waals surface area contributed by atoms with Gasteiger partial charge in [-0.3, -0.25) is 14.1 Å². The molecule has 0 spiro atoms. The number of hydrogen-bond acceptors (Lipinski definition) is 6. The number of halogens is 5. The molecular weight excluding hydrogens is 407 g/mol. The largest absolute Gasteiger partial charge is 0.462 e. The molecule has 2 aliphatic carbocycles. The fourth-order valence-corrected chi connectivity index (χ4v) is 4.67. The highest BCUT2D eigenvalue weighted by Gasteiger charge is 2.64. The maximum atomic E-state index is 13.7. The van der Waals surface area contributed by atoms with Crippen LogP contribution in [0.25, 0.3) is 0 Å². The summed E-state index contributed by atoms with van der Waals surface area (Å²) in [5.41, 5.74) is -1.49. The molecule has 13 heteroatoms. The van der Waals surface area contributed by atoms with Crippen molar-refractivity contribution < 1.29 is 54.0 Å². The highest BCUT2D eigenvalue weighted by atomic mass is 32.2. The third-order valence-electron chi connectivity index (χ3n) is 5.36. The van der Waals surface area contributed by atoms with Crippen molar-refractivity contribution in [2.24, 2.45) is 17.8 Å². The van der Waals surface area contributed by atoms with Crippen molar-refractivity contribution in [2.75, 3.05) is 6.61 Å². The van der Waals surface area contributed by atoms with Gasteiger partial charge in [-0.25, -0.2) is 0 Å². The highest BCUT2D eigenvalue weighted by molar-refractivity contribution is 7.86. The zero-order valence-corrected chi connectivity index (χ0v) is 14.4. The van der Waals surface area contributed by atoms with Crippen LogP contribution in [0.4, 0.5) is 22.0 Å². The highest BCUT2D eigenvalue weighted by Crippen LogP contribution is 2.51. The van der Waals surface area contributed by atoms with E-state index in [0.717, 1.165) is 0 Å². The molecule has 0 aromatic rings. The van der Waals surface area contributed by atoms with Gasteiger partial charge in [-0.05, 0) is 19.3 Å². The van der Waals surface area contributed by atoms with Crippen LogP contribution in [0.2, 0.25) is 0 Å². The van der Waals surface area contributed by atoms with Crippen LogP contribution in [0.5, 0.6) is 0 Å². The summed E-state index contributed by atoms with van der Waals surface area (Å²) < 4.78 is 107. The normalized spacial score (nSPS) is 35.1. The van der Waals surface area contributed by atoms with Crippen LogP contribution in [0.1, 0.15) is 25.7 Å². The summed E-state index contributed by atoms with van der Waals surface area (Å²) in [4.78, 5) is 24.1. The first kappa shape index (κ1) is 20.4. The van der Waals surface area contributed by atoms with Crippen molar-refractivity contribution in [2.45, 2.75) is 48.8 Å². The van der Waals surface area contributed by atoms with Crippen LogP contribution in [0.15, 0.2) is 0 Å². The average Bonchev–Trinajstić information content (AvgIpc) is 2.61. The van der Waals surface area contributed by atoms with E-state index in [1.807, 2.05) is 0 Å². The second-order valence-electron chi connectivity index (χ2n) is 7.18. The lowest BCUT2D eigenvalue weighted by Gasteiger charge is -2.45. The molecule has 27 heavy (non-hydrogen) atoms. The van der Waals surface area contributed by atoms with E-state index in [1.165, 1.54) is 0 Å². The Morgan fingerprint density at radius 2 is 1.81 bits per heavy atom. The summed E-state index contributed by atoms with van der Waals surface area (Å²) in [6.45, 7) is -1.76. The Hall–Kier alpha value is -1.34. The lowest BCUT2D eigenvalue weighted by molar-refractivity contribution is -0.248. The number of esters is 1. The molecule has 0 aromatic carbocycles. The van der Waals surface area contributed by atoms with Gasteiger partial charge in [0, 0.05) is 12.3 Å². The fourth-order valence-electron chi connectivity index (χ4n) is 4.11. The molecule has 2 saturated heterocycles. The maximum Gasteiger partial charge on any atom is 0.401 e. The van der Waals surface area contributed by atoms with Crippen molar-refractivity contribution in [3.8, 4) is 0 Å². The first-order valence-corrected chi connectivity index (χ1v) is 9.40. The van der Waals surface area contributed by atoms with Crippen LogP contribution in [-0.2, 0) is 29.2 Å². The molecule has 4 rings (SSSR count). The predicted octanol–water partition coefficient (Wildman–Crippen LogP) is 1.72. The van der Waals surface area contributed by atoms with Crippen LogP contribution in [-0.4, -0.2) is 54.5 Å². The molecule has 7 nitrogen and oxygen atoms in total. The molecule has 4 bridgehead atoms. The van der Waals surface area contributed by atoms with E-state index in [9.17, 15) is 40.0 Å². The molecule has 5 unspecified atom stereocenters. The summed E-state index contributed by atoms with van der Waals surface area (Å²) in [5, 5.41) is -5.52. The second kappa shape index (κ2) is 6.08. The summed E-state index contributed by atoms with van der Waals surface area (Å²) >= 11 is 0. The van der Waals surface area contributed by atoms with Crippen molar-refractivity contribution >= 4 is 21.9 Å². The van der Waals surface area contributed by atoms with Crippen LogP contribution in [0.3, 0.4) is 0 Å². The Morgan fingerprint density at radius 1 is 1.19 bits per heavy atom. The topological polar surface area (TPSA) is 107 Å². The third kappa shape index (κ3) is 3.44. The average molecular weight is 422 g/mol. The Morgan fingerprint density at radius 3 is 2.37 bits per heavy atom. The zero-order valence-electron chi connectivity index (χ0n) is 13.5. The Balaban J connectivity index is 1.86. The van der Waals surface area contributed by atoms with Gasteiger partial charge in [0.15, 0.2) is 11.7 Å². The van der Waals surface area contributed by atoms with Gasteiger partial charge in [-0.1, -0.05) is 0 Å². The van der Waals surface area contributed by atoms with E-state index >= 15 is 0 Å². The van der Waals surface area contributed by atoms with E-state index in [-0.39, 0.29) is 25.7 Å². The van der Waals surface area contributed by atoms with E-state index in [1.54, 1.807) is 0 Å². The predicted molar refractivity (Wildman–Crippen MR) is 75.1 cm³/mol. The van der Waals surface area contributed by atoms with Crippen LogP contribution in [0, 0.1) is 17.8 Å². The van der Waals surface area contributed by atoms with E-state index in [0.29, 0.717) is 0 Å². The first-order chi connectivity index (χ1) is 12.2. The fraction of sp³-hybridized carbons (Fsp3) is 0.857. The second-order valence-corrected chi connectivity index (χ2v) is 8.68. The number of alkyl halides is 5. The number of Topliss-reactive ketones (excluding diaryl/α,β-unsaturated/α-hetero) is 1. The van der Waals surface area contributed by atoms with Gasteiger partial charge in [0.25, 0.3) is 0 Å². The van der Waals surface area contributed by atoms with Crippen molar-refractivity contribution in [3.05, 3.63) is 0 Å². The number of carbonyl (C=O) groups excluding carboxylic acids is 2. The molecule has 2 aliphatic heterocycles. The van der Waals surface area contributed by atoms with E-state index < -0.39 is 69.4 Å². The number of carbonyl (C=O) groups is 2. The van der Waals surface area contributed by atoms with E-state index in [2.05, 4.69) is 0 Å². The van der Waals surface area contributed by atoms with Gasteiger partial charge in [-0.2, -0.15) is 30.4 Å². The van der Waals surface area contributed by atoms with Gasteiger partial charge in [0.05, 0.1) is 12.2 Å². The number of ketones is 1. The van der Waals surface area contributed by atoms with Crippen LogP contribution >= 0.6 is 0 Å². The minimum Gasteiger partial charge on any atom is -0.462 e. The number of ether oxygens (including phenoxy) is 2. The summed E-state index contributed by atoms with van der Waals surface area (Å²) in [6, 6.07) is 0. The standard InChI is InChI=1S/C14H15F5O7S/c15-13(16,17)9(14(18,19)27(22,23)24)5-25-12-2-6-1-7(3-12)26-11(21)8(4-12)10(6)20/h6-9H,1-5H2,(H,22,23,24). The Bertz CT molecular complexity index is 764. The SMILES string of the molecule is O=C1OC2CC3CC(OCC(C(F)(F)F)C(F)(F)S(=O)(=O)O)(C2)CC1C3=O. The molecule has 154 valence electrons. The summed E-state index contributed by atoms with van der Waals surface area (Å²) in [6.07, 6.45) is -6.78. The third-order valence-corrected chi connectivity index (χ3v) is 6.33. The minimum absolute atomic E-state index is 0.0719. The van der Waals surface area contributed by atoms with Gasteiger partial charge in [0.1, 0.15) is 12.0 Å². The molecule has 0 aromatic heterocycles. The van der Waals surface area contributed by atoms with E-state index in [4.69, 9.17) is 14.0 Å². The monoisotopic (exact) mass is 422 g/mol. The molecule has 2 saturated carbocycles. The van der Waals surface area contributed by atoms with Gasteiger partial charge in [-0.15, -0.1) is 0 Å². The Kier molecular flexibility index (Phi) is 4.59. The zero-order chi connectivity index (χ0) is 20.4. The van der Waals surface area contributed by atoms with Gasteiger partial charge >= 0.3 is 27.5 Å². The molecular formula is C14H15F5O7S. The Labute approximate surface area is 149 Å². The number of fused-ring (bicyclic) bond motifs is 1. The number of hydrogen-bond donors (Lipinski definition) is 1. The van der Waals surface area contributed by atoms with Crippen molar-refractivity contribution in [1.29, 1.82) is 0 Å². The van der Waals surface area contributed by atoms with Crippen LogP contribution < -0.4 is 0 Å². The molecule has 4 fully saturated rings. The minimum atomic E-state index is -6.35. The molecule has 1 N–H and O–H groups in total. The van der Waals surface area contributed by atoms with Crippen molar-refractivity contribution in [3.63, 3.8) is 0 Å². The molecule has 5 atom stereocenters. The molecule has 2 heterocycles. The smallest absolute Gasteiger partial charge is 0.401 e. The summed E-state index contributed by atoms with van der Waals surface area (Å²) in [5.74, 6) is -7.02.